The smallest absolute Gasteiger partial charge is 0.148 e. The molecule has 0 saturated heterocycles. The lowest BCUT2D eigenvalue weighted by Crippen LogP contribution is -2.19. The first-order valence-corrected chi connectivity index (χ1v) is 11.1. The van der Waals surface area contributed by atoms with Crippen LogP contribution >= 0.6 is 0 Å². The number of benzene rings is 2. The summed E-state index contributed by atoms with van der Waals surface area (Å²) in [6.45, 7) is 2.40. The summed E-state index contributed by atoms with van der Waals surface area (Å²) < 4.78 is 12.8. The van der Waals surface area contributed by atoms with E-state index in [0.29, 0.717) is 23.9 Å². The van der Waals surface area contributed by atoms with Gasteiger partial charge in [-0.1, -0.05) is 0 Å². The quantitative estimate of drug-likeness (QED) is 0.346. The first-order valence-electron chi connectivity index (χ1n) is 11.1. The van der Waals surface area contributed by atoms with Crippen molar-refractivity contribution in [1.29, 1.82) is 0 Å². The molecule has 0 saturated carbocycles. The number of anilines is 2. The molecule has 176 valence electrons. The highest BCUT2D eigenvalue weighted by Crippen LogP contribution is 2.35. The number of rotatable bonds is 7. The van der Waals surface area contributed by atoms with Gasteiger partial charge < -0.3 is 14.4 Å². The van der Waals surface area contributed by atoms with Crippen LogP contribution in [0.3, 0.4) is 0 Å². The molecule has 0 N–H and O–H groups in total. The van der Waals surface area contributed by atoms with Crippen LogP contribution in [0.15, 0.2) is 67.3 Å². The molecule has 2 aromatic carbocycles. The maximum atomic E-state index is 5.52. The van der Waals surface area contributed by atoms with Crippen molar-refractivity contribution in [3.8, 4) is 22.8 Å². The molecule has 0 unspecified atom stereocenters. The van der Waals surface area contributed by atoms with E-state index in [1.165, 1.54) is 0 Å². The highest BCUT2D eigenvalue weighted by Gasteiger charge is 2.16. The van der Waals surface area contributed by atoms with Gasteiger partial charge in [-0.05, 0) is 31.2 Å². The van der Waals surface area contributed by atoms with Crippen molar-refractivity contribution in [2.45, 2.75) is 13.5 Å². The van der Waals surface area contributed by atoms with Crippen LogP contribution in [-0.2, 0) is 13.6 Å². The normalized spacial score (nSPS) is 11.0. The zero-order valence-corrected chi connectivity index (χ0v) is 20.0. The Morgan fingerprint density at radius 3 is 2.34 bits per heavy atom. The van der Waals surface area contributed by atoms with Crippen molar-refractivity contribution in [3.63, 3.8) is 0 Å². The van der Waals surface area contributed by atoms with Crippen molar-refractivity contribution in [1.82, 2.24) is 29.7 Å². The predicted octanol–water partition coefficient (Wildman–Crippen LogP) is 4.48. The van der Waals surface area contributed by atoms with Gasteiger partial charge in [0.2, 0.25) is 0 Å². The van der Waals surface area contributed by atoms with Crippen LogP contribution in [0, 0.1) is 6.92 Å². The molecule has 5 aromatic rings. The molecule has 3 heterocycles. The first-order chi connectivity index (χ1) is 17.0. The highest BCUT2D eigenvalue weighted by atomic mass is 16.5. The lowest BCUT2D eigenvalue weighted by molar-refractivity contribution is 0.394. The number of aromatic nitrogens is 6. The van der Waals surface area contributed by atoms with Crippen LogP contribution in [0.1, 0.15) is 11.5 Å². The molecule has 0 atom stereocenters. The number of ether oxygens (including phenoxy) is 2. The molecule has 0 bridgehead atoms. The number of aryl methyl sites for hydroxylation is 2. The van der Waals surface area contributed by atoms with Gasteiger partial charge in [-0.3, -0.25) is 9.67 Å². The third-order valence-electron chi connectivity index (χ3n) is 5.63. The molecule has 0 aliphatic heterocycles. The van der Waals surface area contributed by atoms with E-state index < -0.39 is 0 Å². The van der Waals surface area contributed by atoms with E-state index in [1.54, 1.807) is 37.5 Å². The molecule has 0 spiro atoms. The summed E-state index contributed by atoms with van der Waals surface area (Å²) in [4.78, 5) is 20.7. The molecule has 0 aliphatic carbocycles. The SMILES string of the molecule is COc1cc(OC)cc(N(Cc2nccc(C)n2)c2ccc3ncc(-c4cnn(C)c4)nc3c2)c1. The lowest BCUT2D eigenvalue weighted by Gasteiger charge is -2.25. The molecular weight excluding hydrogens is 442 g/mol. The summed E-state index contributed by atoms with van der Waals surface area (Å²) in [5, 5.41) is 4.25. The lowest BCUT2D eigenvalue weighted by atomic mass is 10.2. The molecule has 9 nitrogen and oxygen atoms in total. The number of fused-ring (bicyclic) bond motifs is 1. The fourth-order valence-electron chi connectivity index (χ4n) is 3.86. The van der Waals surface area contributed by atoms with Gasteiger partial charge in [-0.2, -0.15) is 5.10 Å². The summed E-state index contributed by atoms with van der Waals surface area (Å²) in [6, 6.07) is 13.6. The molecule has 9 heteroatoms. The Kier molecular flexibility index (Phi) is 5.97. The van der Waals surface area contributed by atoms with Crippen LogP contribution < -0.4 is 14.4 Å². The van der Waals surface area contributed by atoms with Crippen LogP contribution in [-0.4, -0.2) is 43.9 Å². The van der Waals surface area contributed by atoms with E-state index in [4.69, 9.17) is 14.5 Å². The van der Waals surface area contributed by atoms with Crippen LogP contribution in [0.25, 0.3) is 22.3 Å². The predicted molar refractivity (Wildman–Crippen MR) is 134 cm³/mol. The van der Waals surface area contributed by atoms with Gasteiger partial charge in [-0.15, -0.1) is 0 Å². The number of methoxy groups -OCH3 is 2. The zero-order valence-electron chi connectivity index (χ0n) is 20.0. The summed E-state index contributed by atoms with van der Waals surface area (Å²) in [6.07, 6.45) is 7.24. The van der Waals surface area contributed by atoms with Gasteiger partial charge >= 0.3 is 0 Å². The average molecular weight is 468 g/mol. The minimum Gasteiger partial charge on any atom is -0.497 e. The molecule has 35 heavy (non-hydrogen) atoms. The first kappa shape index (κ1) is 22.3. The number of hydrogen-bond acceptors (Lipinski definition) is 8. The molecule has 3 aromatic heterocycles. The highest BCUT2D eigenvalue weighted by molar-refractivity contribution is 5.82. The van der Waals surface area contributed by atoms with Crippen LogP contribution in [0.2, 0.25) is 0 Å². The van der Waals surface area contributed by atoms with E-state index in [-0.39, 0.29) is 0 Å². The fraction of sp³-hybridized carbons (Fsp3) is 0.192. The molecule has 0 radical (unpaired) electrons. The number of hydrogen-bond donors (Lipinski definition) is 0. The zero-order chi connectivity index (χ0) is 24.4. The van der Waals surface area contributed by atoms with Crippen molar-refractivity contribution >= 4 is 22.4 Å². The van der Waals surface area contributed by atoms with E-state index in [9.17, 15) is 0 Å². The minimum absolute atomic E-state index is 0.444. The Morgan fingerprint density at radius 1 is 0.857 bits per heavy atom. The maximum absolute atomic E-state index is 5.52. The average Bonchev–Trinajstić information content (AvgIpc) is 3.32. The summed E-state index contributed by atoms with van der Waals surface area (Å²) in [5.74, 6) is 2.07. The van der Waals surface area contributed by atoms with Gasteiger partial charge in [0.25, 0.3) is 0 Å². The largest absolute Gasteiger partial charge is 0.497 e. The Labute approximate surface area is 203 Å². The molecule has 5 rings (SSSR count). The molecular formula is C26H25N7O2. The van der Waals surface area contributed by atoms with Gasteiger partial charge in [0.15, 0.2) is 0 Å². The molecule has 0 amide bonds. The second-order valence-corrected chi connectivity index (χ2v) is 8.10. The van der Waals surface area contributed by atoms with Gasteiger partial charge in [0.05, 0.1) is 49.9 Å². The van der Waals surface area contributed by atoms with Crippen molar-refractivity contribution in [2.75, 3.05) is 19.1 Å². The van der Waals surface area contributed by atoms with Gasteiger partial charge in [0.1, 0.15) is 17.3 Å². The third kappa shape index (κ3) is 4.74. The Bertz CT molecular complexity index is 1480. The van der Waals surface area contributed by atoms with E-state index >= 15 is 0 Å². The van der Waals surface area contributed by atoms with Crippen molar-refractivity contribution in [2.24, 2.45) is 7.05 Å². The standard InChI is InChI=1S/C26H25N7O2/c1-17-7-8-27-26(30-17)16-33(20-9-21(34-3)12-22(10-20)35-4)19-5-6-23-24(11-19)31-25(14-28-23)18-13-29-32(2)15-18/h5-15H,16H2,1-4H3. The summed E-state index contributed by atoms with van der Waals surface area (Å²) >= 11 is 0. The fourth-order valence-corrected chi connectivity index (χ4v) is 3.86. The van der Waals surface area contributed by atoms with E-state index in [2.05, 4.69) is 25.0 Å². The Balaban J connectivity index is 1.62. The molecule has 0 aliphatic rings. The van der Waals surface area contributed by atoms with E-state index in [1.807, 2.05) is 62.6 Å². The van der Waals surface area contributed by atoms with Crippen molar-refractivity contribution in [3.05, 3.63) is 78.8 Å². The summed E-state index contributed by atoms with van der Waals surface area (Å²) in [7, 11) is 5.15. The second-order valence-electron chi connectivity index (χ2n) is 8.10. The third-order valence-corrected chi connectivity index (χ3v) is 5.63. The Hall–Kier alpha value is -4.53. The van der Waals surface area contributed by atoms with Crippen LogP contribution in [0.5, 0.6) is 11.5 Å². The van der Waals surface area contributed by atoms with E-state index in [0.717, 1.165) is 39.4 Å². The molecule has 0 fully saturated rings. The second kappa shape index (κ2) is 9.38. The summed E-state index contributed by atoms with van der Waals surface area (Å²) in [5.41, 5.74) is 5.95. The van der Waals surface area contributed by atoms with Crippen molar-refractivity contribution < 1.29 is 9.47 Å². The number of nitrogens with zero attached hydrogens (tertiary/aromatic N) is 7. The minimum atomic E-state index is 0.444. The topological polar surface area (TPSA) is 91.1 Å². The van der Waals surface area contributed by atoms with Gasteiger partial charge in [-0.25, -0.2) is 15.0 Å². The maximum Gasteiger partial charge on any atom is 0.148 e. The van der Waals surface area contributed by atoms with Gasteiger partial charge in [0, 0.05) is 60.3 Å². The monoisotopic (exact) mass is 467 g/mol. The Morgan fingerprint density at radius 2 is 1.66 bits per heavy atom. The van der Waals surface area contributed by atoms with Crippen LogP contribution in [0.4, 0.5) is 11.4 Å².